The first kappa shape index (κ1) is 17.9. The van der Waals surface area contributed by atoms with E-state index in [0.717, 1.165) is 28.1 Å². The molecule has 3 heterocycles. The Labute approximate surface area is 172 Å². The highest BCUT2D eigenvalue weighted by molar-refractivity contribution is 7.10. The van der Waals surface area contributed by atoms with Crippen molar-refractivity contribution in [2.75, 3.05) is 19.5 Å². The zero-order chi connectivity index (χ0) is 20.0. The van der Waals surface area contributed by atoms with E-state index in [1.807, 2.05) is 35.7 Å². The number of nitrogens with one attached hydrogen (secondary N) is 1. The van der Waals surface area contributed by atoms with Crippen LogP contribution in [0.3, 0.4) is 0 Å². The summed E-state index contributed by atoms with van der Waals surface area (Å²) in [4.78, 5) is 18.7. The van der Waals surface area contributed by atoms with Gasteiger partial charge in [0.25, 0.3) is 0 Å². The Hall–Kier alpha value is -3.13. The van der Waals surface area contributed by atoms with E-state index in [2.05, 4.69) is 15.4 Å². The summed E-state index contributed by atoms with van der Waals surface area (Å²) in [6.07, 6.45) is 2.70. The van der Waals surface area contributed by atoms with E-state index in [-0.39, 0.29) is 17.7 Å². The average Bonchev–Trinajstić information content (AvgIpc) is 3.43. The number of benzene rings is 1. The van der Waals surface area contributed by atoms with Crippen LogP contribution in [-0.4, -0.2) is 34.8 Å². The third kappa shape index (κ3) is 2.91. The highest BCUT2D eigenvalue weighted by Gasteiger charge is 2.39. The molecule has 2 atom stereocenters. The van der Waals surface area contributed by atoms with Gasteiger partial charge in [0.2, 0.25) is 5.95 Å². The fourth-order valence-corrected chi connectivity index (χ4v) is 5.02. The van der Waals surface area contributed by atoms with Crippen molar-refractivity contribution in [1.82, 2.24) is 14.8 Å². The molecule has 5 rings (SSSR count). The molecule has 0 saturated carbocycles. The molecule has 0 radical (unpaired) electrons. The fraction of sp³-hybridized carbons (Fsp3) is 0.286. The number of Topliss-reactive ketones (excluding diaryl/α,β-unsaturated/α-hetero) is 1. The summed E-state index contributed by atoms with van der Waals surface area (Å²) in [5, 5.41) is 9.74. The number of ketones is 1. The van der Waals surface area contributed by atoms with Gasteiger partial charge >= 0.3 is 0 Å². The lowest BCUT2D eigenvalue weighted by atomic mass is 9.79. The lowest BCUT2D eigenvalue weighted by molar-refractivity contribution is -0.116. The van der Waals surface area contributed by atoms with Gasteiger partial charge in [-0.25, -0.2) is 4.68 Å². The summed E-state index contributed by atoms with van der Waals surface area (Å²) in [7, 11) is 3.24. The first-order valence-electron chi connectivity index (χ1n) is 9.37. The standard InChI is InChI=1S/C21H20N4O3S/c1-27-16-6-5-12(10-17(16)28-2)13-8-14-19(15(26)9-13)20(18-4-3-7-29-18)25-21(24-14)22-11-23-25/h3-7,10-11,13,20H,8-9H2,1-2H3,(H,22,23,24)/t13-,20+/m1/s1. The first-order valence-corrected chi connectivity index (χ1v) is 10.3. The Morgan fingerprint density at radius 3 is 2.79 bits per heavy atom. The minimum Gasteiger partial charge on any atom is -0.493 e. The number of anilines is 1. The highest BCUT2D eigenvalue weighted by atomic mass is 32.1. The number of fused-ring (bicyclic) bond motifs is 1. The molecule has 0 unspecified atom stereocenters. The van der Waals surface area contributed by atoms with Crippen molar-refractivity contribution < 1.29 is 14.3 Å². The topological polar surface area (TPSA) is 78.3 Å². The van der Waals surface area contributed by atoms with E-state index in [1.165, 1.54) is 6.33 Å². The summed E-state index contributed by atoms with van der Waals surface area (Å²) < 4.78 is 12.6. The molecule has 0 saturated heterocycles. The molecule has 2 aromatic heterocycles. The summed E-state index contributed by atoms with van der Waals surface area (Å²) in [5.41, 5.74) is 2.78. The van der Waals surface area contributed by atoms with Crippen LogP contribution >= 0.6 is 11.3 Å². The van der Waals surface area contributed by atoms with Gasteiger partial charge < -0.3 is 14.8 Å². The Morgan fingerprint density at radius 2 is 2.03 bits per heavy atom. The predicted molar refractivity (Wildman–Crippen MR) is 110 cm³/mol. The first-order chi connectivity index (χ1) is 14.2. The molecule has 3 aromatic rings. The number of aromatic nitrogens is 3. The van der Waals surface area contributed by atoms with Crippen LogP contribution < -0.4 is 14.8 Å². The number of carbonyl (C=O) groups is 1. The Kier molecular flexibility index (Phi) is 4.35. The molecule has 1 N–H and O–H groups in total. The fourth-order valence-electron chi connectivity index (χ4n) is 4.20. The number of carbonyl (C=O) groups excluding carboxylic acids is 1. The van der Waals surface area contributed by atoms with Crippen molar-refractivity contribution in [2.24, 2.45) is 0 Å². The number of rotatable bonds is 4. The van der Waals surface area contributed by atoms with Gasteiger partial charge in [0.15, 0.2) is 17.3 Å². The van der Waals surface area contributed by atoms with Crippen LogP contribution in [0.1, 0.15) is 35.2 Å². The molecule has 0 spiro atoms. The molecule has 1 aromatic carbocycles. The third-order valence-electron chi connectivity index (χ3n) is 5.55. The maximum Gasteiger partial charge on any atom is 0.226 e. The van der Waals surface area contributed by atoms with Crippen molar-refractivity contribution in [3.63, 3.8) is 0 Å². The summed E-state index contributed by atoms with van der Waals surface area (Å²) in [6, 6.07) is 9.69. The largest absolute Gasteiger partial charge is 0.493 e. The third-order valence-corrected chi connectivity index (χ3v) is 6.48. The number of allylic oxidation sites excluding steroid dienone is 2. The average molecular weight is 408 g/mol. The maximum absolute atomic E-state index is 13.3. The van der Waals surface area contributed by atoms with E-state index in [0.29, 0.717) is 23.9 Å². The van der Waals surface area contributed by atoms with Gasteiger partial charge in [0, 0.05) is 22.6 Å². The van der Waals surface area contributed by atoms with Gasteiger partial charge in [-0.15, -0.1) is 11.3 Å². The van der Waals surface area contributed by atoms with Gasteiger partial charge in [-0.3, -0.25) is 4.79 Å². The molecule has 0 bridgehead atoms. The number of ether oxygens (including phenoxy) is 2. The van der Waals surface area contributed by atoms with Crippen LogP contribution in [0.4, 0.5) is 5.95 Å². The number of hydrogen-bond donors (Lipinski definition) is 1. The summed E-state index contributed by atoms with van der Waals surface area (Å²) in [5.74, 6) is 2.22. The maximum atomic E-state index is 13.3. The van der Waals surface area contributed by atoms with Crippen molar-refractivity contribution in [3.05, 3.63) is 63.7 Å². The molecule has 1 aliphatic heterocycles. The Bertz CT molecular complexity index is 1100. The van der Waals surface area contributed by atoms with E-state index in [4.69, 9.17) is 9.47 Å². The van der Waals surface area contributed by atoms with Crippen molar-refractivity contribution >= 4 is 23.1 Å². The van der Waals surface area contributed by atoms with Gasteiger partial charge in [0.05, 0.1) is 14.2 Å². The van der Waals surface area contributed by atoms with Gasteiger partial charge in [-0.1, -0.05) is 12.1 Å². The molecule has 2 aliphatic rings. The number of methoxy groups -OCH3 is 2. The van der Waals surface area contributed by atoms with Gasteiger partial charge in [-0.05, 0) is 41.5 Å². The second kappa shape index (κ2) is 7.04. The van der Waals surface area contributed by atoms with Gasteiger partial charge in [-0.2, -0.15) is 10.1 Å². The van der Waals surface area contributed by atoms with Crippen LogP contribution in [0, 0.1) is 0 Å². The highest BCUT2D eigenvalue weighted by Crippen LogP contribution is 2.45. The van der Waals surface area contributed by atoms with Crippen LogP contribution in [0.5, 0.6) is 11.5 Å². The Morgan fingerprint density at radius 1 is 1.17 bits per heavy atom. The van der Waals surface area contributed by atoms with Crippen LogP contribution in [0.15, 0.2) is 53.3 Å². The van der Waals surface area contributed by atoms with E-state index in [9.17, 15) is 4.79 Å². The van der Waals surface area contributed by atoms with Crippen LogP contribution in [0.25, 0.3) is 0 Å². The molecular formula is C21H20N4O3S. The van der Waals surface area contributed by atoms with Crippen molar-refractivity contribution in [2.45, 2.75) is 24.8 Å². The quantitative estimate of drug-likeness (QED) is 0.708. The molecule has 7 nitrogen and oxygen atoms in total. The monoisotopic (exact) mass is 408 g/mol. The summed E-state index contributed by atoms with van der Waals surface area (Å²) >= 11 is 1.63. The lowest BCUT2D eigenvalue weighted by Gasteiger charge is -2.34. The molecule has 0 amide bonds. The Balaban J connectivity index is 1.54. The number of hydrogen-bond acceptors (Lipinski definition) is 7. The van der Waals surface area contributed by atoms with Crippen molar-refractivity contribution in [3.8, 4) is 11.5 Å². The second-order valence-corrected chi connectivity index (χ2v) is 8.09. The smallest absolute Gasteiger partial charge is 0.226 e. The number of nitrogens with zero attached hydrogens (tertiary/aromatic N) is 3. The van der Waals surface area contributed by atoms with E-state index >= 15 is 0 Å². The molecule has 1 aliphatic carbocycles. The SMILES string of the molecule is COc1ccc([C@H]2CC(=O)C3=C(C2)Nc2ncnn2[C@H]3c2cccs2)cc1OC. The molecule has 0 fully saturated rings. The minimum atomic E-state index is -0.220. The zero-order valence-corrected chi connectivity index (χ0v) is 16.9. The molecule has 8 heteroatoms. The second-order valence-electron chi connectivity index (χ2n) is 7.11. The lowest BCUT2D eigenvalue weighted by Crippen LogP contribution is -2.33. The molecular weight excluding hydrogens is 388 g/mol. The van der Waals surface area contributed by atoms with Crippen LogP contribution in [0.2, 0.25) is 0 Å². The van der Waals surface area contributed by atoms with Gasteiger partial charge in [0.1, 0.15) is 12.4 Å². The van der Waals surface area contributed by atoms with E-state index in [1.54, 1.807) is 30.2 Å². The predicted octanol–water partition coefficient (Wildman–Crippen LogP) is 3.77. The zero-order valence-electron chi connectivity index (χ0n) is 16.1. The van der Waals surface area contributed by atoms with Crippen molar-refractivity contribution in [1.29, 1.82) is 0 Å². The number of thiophene rings is 1. The molecule has 148 valence electrons. The molecule has 29 heavy (non-hydrogen) atoms. The van der Waals surface area contributed by atoms with E-state index < -0.39 is 0 Å². The minimum absolute atomic E-state index is 0.0620. The summed E-state index contributed by atoms with van der Waals surface area (Å²) in [6.45, 7) is 0. The van der Waals surface area contributed by atoms with Crippen LogP contribution in [-0.2, 0) is 4.79 Å². The normalized spacial score (nSPS) is 20.7.